The molecule has 0 amide bonds. The van der Waals surface area contributed by atoms with Crippen LogP contribution in [0.1, 0.15) is 43.7 Å². The second-order valence-corrected chi connectivity index (χ2v) is 7.25. The van der Waals surface area contributed by atoms with E-state index >= 15 is 0 Å². The summed E-state index contributed by atoms with van der Waals surface area (Å²) in [6.45, 7) is 1.82. The van der Waals surface area contributed by atoms with Gasteiger partial charge in [0.15, 0.2) is 0 Å². The molecule has 0 spiro atoms. The molecule has 0 aliphatic heterocycles. The molecule has 2 heterocycles. The van der Waals surface area contributed by atoms with E-state index in [1.807, 2.05) is 6.92 Å². The maximum absolute atomic E-state index is 12.6. The zero-order valence-electron chi connectivity index (χ0n) is 14.5. The van der Waals surface area contributed by atoms with E-state index in [0.717, 1.165) is 25.2 Å². The second-order valence-electron chi connectivity index (χ2n) is 6.86. The summed E-state index contributed by atoms with van der Waals surface area (Å²) in [6.07, 6.45) is 1.73. The van der Waals surface area contributed by atoms with Crippen molar-refractivity contribution in [3.63, 3.8) is 0 Å². The molecular weight excluding hydrogens is 381 g/mol. The molecule has 0 aromatic carbocycles. The summed E-state index contributed by atoms with van der Waals surface area (Å²) in [6, 6.07) is 1.79. The molecule has 9 heteroatoms. The van der Waals surface area contributed by atoms with Gasteiger partial charge in [0.2, 0.25) is 0 Å². The predicted octanol–water partition coefficient (Wildman–Crippen LogP) is 3.91. The minimum Gasteiger partial charge on any atom is -0.390 e. The topological polar surface area (TPSA) is 63.0 Å². The summed E-state index contributed by atoms with van der Waals surface area (Å²) < 4.78 is 37.7. The van der Waals surface area contributed by atoms with E-state index in [9.17, 15) is 18.3 Å². The van der Waals surface area contributed by atoms with Gasteiger partial charge in [-0.25, -0.2) is 4.98 Å². The highest BCUT2D eigenvalue weighted by molar-refractivity contribution is 6.29. The molecule has 1 aliphatic carbocycles. The van der Waals surface area contributed by atoms with Gasteiger partial charge in [0, 0.05) is 18.4 Å². The number of nitrogens with zero attached hydrogens (tertiary/aromatic N) is 3. The van der Waals surface area contributed by atoms with Crippen molar-refractivity contribution in [3.8, 4) is 11.8 Å². The van der Waals surface area contributed by atoms with E-state index in [4.69, 9.17) is 11.6 Å². The smallest absolute Gasteiger partial charge is 0.390 e. The Morgan fingerprint density at radius 3 is 2.63 bits per heavy atom. The Morgan fingerprint density at radius 2 is 2.00 bits per heavy atom. The van der Waals surface area contributed by atoms with Crippen molar-refractivity contribution < 1.29 is 18.3 Å². The highest BCUT2D eigenvalue weighted by Crippen LogP contribution is 2.30. The van der Waals surface area contributed by atoms with Crippen molar-refractivity contribution in [2.45, 2.75) is 50.6 Å². The van der Waals surface area contributed by atoms with Crippen molar-refractivity contribution in [1.82, 2.24) is 14.8 Å². The van der Waals surface area contributed by atoms with Crippen LogP contribution >= 0.6 is 11.6 Å². The number of rotatable bonds is 2. The maximum Gasteiger partial charge on any atom is 0.504 e. The van der Waals surface area contributed by atoms with Gasteiger partial charge in [0.1, 0.15) is 5.15 Å². The number of anilines is 1. The van der Waals surface area contributed by atoms with Gasteiger partial charge < -0.3 is 10.4 Å². The molecule has 144 valence electrons. The van der Waals surface area contributed by atoms with Crippen molar-refractivity contribution >= 4 is 17.3 Å². The lowest BCUT2D eigenvalue weighted by molar-refractivity contribution is -0.212. The summed E-state index contributed by atoms with van der Waals surface area (Å²) in [5.41, 5.74) is 0.686. The fraction of sp³-hybridized carbons (Fsp3) is 0.444. The minimum atomic E-state index is -4.57. The Kier molecular flexibility index (Phi) is 5.36. The SMILES string of the molecule is CC1(O)CCC(Nc2cc(Cl)ncc2C#Cc2cnn(C(F)(F)F)c2)CC1. The third kappa shape index (κ3) is 5.15. The van der Waals surface area contributed by atoms with E-state index in [1.54, 1.807) is 6.07 Å². The molecule has 0 radical (unpaired) electrons. The fourth-order valence-electron chi connectivity index (χ4n) is 2.92. The summed E-state index contributed by atoms with van der Waals surface area (Å²) in [5, 5.41) is 17.0. The van der Waals surface area contributed by atoms with Crippen LogP contribution in [0.3, 0.4) is 0 Å². The number of aliphatic hydroxyl groups is 1. The van der Waals surface area contributed by atoms with Gasteiger partial charge in [-0.05, 0) is 38.7 Å². The Hall–Kier alpha value is -2.24. The van der Waals surface area contributed by atoms with Crippen LogP contribution in [0, 0.1) is 11.8 Å². The van der Waals surface area contributed by atoms with E-state index < -0.39 is 11.9 Å². The molecule has 27 heavy (non-hydrogen) atoms. The minimum absolute atomic E-state index is 0.0930. The second kappa shape index (κ2) is 7.41. The van der Waals surface area contributed by atoms with Crippen molar-refractivity contribution in [3.05, 3.63) is 40.9 Å². The Bertz CT molecular complexity index is 873. The van der Waals surface area contributed by atoms with Crippen LogP contribution in [-0.2, 0) is 6.30 Å². The zero-order chi connectivity index (χ0) is 19.7. The quantitative estimate of drug-likeness (QED) is 0.594. The van der Waals surface area contributed by atoms with Gasteiger partial charge >= 0.3 is 6.30 Å². The first kappa shape index (κ1) is 19.5. The summed E-state index contributed by atoms with van der Waals surface area (Å²) >= 11 is 5.97. The zero-order valence-corrected chi connectivity index (χ0v) is 15.3. The van der Waals surface area contributed by atoms with E-state index in [-0.39, 0.29) is 21.4 Å². The summed E-state index contributed by atoms with van der Waals surface area (Å²) in [5.74, 6) is 5.49. The number of nitrogens with one attached hydrogen (secondary N) is 1. The molecule has 2 N–H and O–H groups in total. The van der Waals surface area contributed by atoms with Gasteiger partial charge in [-0.3, -0.25) is 0 Å². The van der Waals surface area contributed by atoms with E-state index in [1.165, 1.54) is 6.20 Å². The summed E-state index contributed by atoms with van der Waals surface area (Å²) in [7, 11) is 0. The van der Waals surface area contributed by atoms with Crippen molar-refractivity contribution in [2.24, 2.45) is 0 Å². The molecule has 0 atom stereocenters. The lowest BCUT2D eigenvalue weighted by Crippen LogP contribution is -2.35. The van der Waals surface area contributed by atoms with Crippen molar-refractivity contribution in [1.29, 1.82) is 0 Å². The molecule has 2 aromatic rings. The average Bonchev–Trinajstić information content (AvgIpc) is 3.05. The molecule has 5 nitrogen and oxygen atoms in total. The fourth-order valence-corrected chi connectivity index (χ4v) is 3.08. The van der Waals surface area contributed by atoms with Crippen LogP contribution in [0.4, 0.5) is 18.9 Å². The predicted molar refractivity (Wildman–Crippen MR) is 95.3 cm³/mol. The van der Waals surface area contributed by atoms with Gasteiger partial charge in [-0.15, -0.1) is 13.2 Å². The van der Waals surface area contributed by atoms with Crippen LogP contribution in [0.2, 0.25) is 5.15 Å². The number of aromatic nitrogens is 3. The molecule has 1 aliphatic rings. The lowest BCUT2D eigenvalue weighted by Gasteiger charge is -2.34. The average molecular weight is 399 g/mol. The molecule has 1 saturated carbocycles. The van der Waals surface area contributed by atoms with Gasteiger partial charge in [0.25, 0.3) is 0 Å². The monoisotopic (exact) mass is 398 g/mol. The van der Waals surface area contributed by atoms with E-state index in [2.05, 4.69) is 27.2 Å². The van der Waals surface area contributed by atoms with Crippen LogP contribution < -0.4 is 5.32 Å². The van der Waals surface area contributed by atoms with Crippen LogP contribution in [0.25, 0.3) is 0 Å². The Labute approximate surface area is 159 Å². The third-order valence-corrected chi connectivity index (χ3v) is 4.68. The maximum atomic E-state index is 12.6. The Morgan fingerprint density at radius 1 is 1.30 bits per heavy atom. The number of pyridine rings is 1. The molecule has 1 fully saturated rings. The largest absolute Gasteiger partial charge is 0.504 e. The molecule has 0 bridgehead atoms. The van der Waals surface area contributed by atoms with Gasteiger partial charge in [0.05, 0.1) is 28.6 Å². The number of hydrogen-bond donors (Lipinski definition) is 2. The van der Waals surface area contributed by atoms with E-state index in [0.29, 0.717) is 24.1 Å². The molecule has 0 saturated heterocycles. The van der Waals surface area contributed by atoms with Crippen molar-refractivity contribution in [2.75, 3.05) is 5.32 Å². The van der Waals surface area contributed by atoms with Gasteiger partial charge in [-0.2, -0.15) is 9.78 Å². The number of hydrogen-bond acceptors (Lipinski definition) is 4. The molecular formula is C18H18ClF3N4O. The Balaban J connectivity index is 1.78. The summed E-state index contributed by atoms with van der Waals surface area (Å²) in [4.78, 5) is 3.99. The number of halogens is 4. The van der Waals surface area contributed by atoms with Gasteiger partial charge in [-0.1, -0.05) is 23.4 Å². The molecule has 2 aromatic heterocycles. The molecule has 0 unspecified atom stereocenters. The van der Waals surface area contributed by atoms with Crippen LogP contribution in [0.5, 0.6) is 0 Å². The highest BCUT2D eigenvalue weighted by Gasteiger charge is 2.31. The number of alkyl halides is 3. The highest BCUT2D eigenvalue weighted by atomic mass is 35.5. The first-order chi connectivity index (χ1) is 12.6. The first-order valence-corrected chi connectivity index (χ1v) is 8.78. The normalized spacial score (nSPS) is 22.8. The lowest BCUT2D eigenvalue weighted by atomic mass is 9.83. The van der Waals surface area contributed by atoms with Crippen LogP contribution in [0.15, 0.2) is 24.7 Å². The molecule has 3 rings (SSSR count). The van der Waals surface area contributed by atoms with Crippen LogP contribution in [-0.4, -0.2) is 31.5 Å². The first-order valence-electron chi connectivity index (χ1n) is 8.41. The third-order valence-electron chi connectivity index (χ3n) is 4.48. The standard InChI is InChI=1S/C18H18ClF3N4O/c1-17(27)6-4-14(5-7-17)25-15-8-16(19)23-10-13(15)3-2-12-9-24-26(11-12)18(20,21)22/h8-11,14,27H,4-7H2,1H3,(H,23,25).